The first-order valence-electron chi connectivity index (χ1n) is 9.44. The van der Waals surface area contributed by atoms with Gasteiger partial charge in [0.25, 0.3) is 5.69 Å². The standard InChI is InChI=1S/C21H22N4O3S/c1-12-4-7-18-15(8-12)9-16(11-22)21(24-18)29-14(3)20(26)23-19-10-17(25(27)28)6-5-13(19)2/h5-6,9-10,12,14H,4,7-8H2,1-3H3,(H,23,26). The van der Waals surface area contributed by atoms with E-state index in [-0.39, 0.29) is 11.6 Å². The number of nitrogens with one attached hydrogen (secondary N) is 1. The topological polar surface area (TPSA) is 109 Å². The number of hydrogen-bond acceptors (Lipinski definition) is 6. The van der Waals surface area contributed by atoms with E-state index in [4.69, 9.17) is 0 Å². The van der Waals surface area contributed by atoms with Gasteiger partial charge >= 0.3 is 0 Å². The maximum Gasteiger partial charge on any atom is 0.271 e. The van der Waals surface area contributed by atoms with E-state index in [1.165, 1.54) is 23.9 Å². The van der Waals surface area contributed by atoms with Crippen LogP contribution in [-0.2, 0) is 17.6 Å². The number of thioether (sulfide) groups is 1. The van der Waals surface area contributed by atoms with Crippen LogP contribution in [0.5, 0.6) is 0 Å². The van der Waals surface area contributed by atoms with Crippen molar-refractivity contribution in [3.8, 4) is 6.07 Å². The van der Waals surface area contributed by atoms with Gasteiger partial charge in [-0.15, -0.1) is 0 Å². The molecule has 1 heterocycles. The highest BCUT2D eigenvalue weighted by atomic mass is 32.2. The Morgan fingerprint density at radius 1 is 1.45 bits per heavy atom. The van der Waals surface area contributed by atoms with Gasteiger partial charge in [-0.05, 0) is 56.2 Å². The van der Waals surface area contributed by atoms with E-state index in [1.807, 2.05) is 6.07 Å². The molecular weight excluding hydrogens is 388 g/mol. The van der Waals surface area contributed by atoms with Gasteiger partial charge in [0, 0.05) is 17.8 Å². The molecule has 1 aliphatic carbocycles. The molecule has 7 nitrogen and oxygen atoms in total. The van der Waals surface area contributed by atoms with Gasteiger partial charge in [-0.1, -0.05) is 24.8 Å². The molecule has 0 saturated heterocycles. The number of non-ortho nitro benzene ring substituents is 1. The molecular formula is C21H22N4O3S. The molecule has 29 heavy (non-hydrogen) atoms. The van der Waals surface area contributed by atoms with E-state index >= 15 is 0 Å². The highest BCUT2D eigenvalue weighted by Gasteiger charge is 2.23. The number of hydrogen-bond donors (Lipinski definition) is 1. The number of amides is 1. The molecule has 0 aliphatic heterocycles. The van der Waals surface area contributed by atoms with Crippen LogP contribution in [0.15, 0.2) is 29.3 Å². The van der Waals surface area contributed by atoms with Crippen molar-refractivity contribution in [2.75, 3.05) is 5.32 Å². The molecule has 1 N–H and O–H groups in total. The highest BCUT2D eigenvalue weighted by Crippen LogP contribution is 2.32. The highest BCUT2D eigenvalue weighted by molar-refractivity contribution is 8.00. The number of pyridine rings is 1. The fourth-order valence-corrected chi connectivity index (χ4v) is 4.21. The lowest BCUT2D eigenvalue weighted by Crippen LogP contribution is -2.23. The maximum absolute atomic E-state index is 12.7. The van der Waals surface area contributed by atoms with E-state index in [0.29, 0.717) is 22.2 Å². The number of anilines is 1. The number of nitriles is 1. The summed E-state index contributed by atoms with van der Waals surface area (Å²) in [4.78, 5) is 27.8. The van der Waals surface area contributed by atoms with Crippen molar-refractivity contribution in [2.24, 2.45) is 5.92 Å². The fraction of sp³-hybridized carbons (Fsp3) is 0.381. The quantitative estimate of drug-likeness (QED) is 0.444. The second-order valence-corrected chi connectivity index (χ2v) is 8.74. The zero-order chi connectivity index (χ0) is 21.1. The van der Waals surface area contributed by atoms with Gasteiger partial charge in [0.2, 0.25) is 5.91 Å². The average Bonchev–Trinajstić information content (AvgIpc) is 2.68. The van der Waals surface area contributed by atoms with E-state index in [2.05, 4.69) is 23.3 Å². The summed E-state index contributed by atoms with van der Waals surface area (Å²) in [6.45, 7) is 5.70. The summed E-state index contributed by atoms with van der Waals surface area (Å²) >= 11 is 1.23. The third kappa shape index (κ3) is 4.74. The average molecular weight is 410 g/mol. The normalized spacial score (nSPS) is 16.4. The first kappa shape index (κ1) is 20.8. The van der Waals surface area contributed by atoms with Gasteiger partial charge in [-0.25, -0.2) is 4.98 Å². The first-order chi connectivity index (χ1) is 13.8. The summed E-state index contributed by atoms with van der Waals surface area (Å²) in [5.41, 5.74) is 3.67. The van der Waals surface area contributed by atoms with Gasteiger partial charge < -0.3 is 5.32 Å². The molecule has 2 aromatic rings. The van der Waals surface area contributed by atoms with Gasteiger partial charge in [0.15, 0.2) is 0 Å². The van der Waals surface area contributed by atoms with E-state index in [9.17, 15) is 20.2 Å². The minimum atomic E-state index is -0.520. The number of aromatic nitrogens is 1. The van der Waals surface area contributed by atoms with Crippen LogP contribution in [0.2, 0.25) is 0 Å². The lowest BCUT2D eigenvalue weighted by Gasteiger charge is -2.22. The number of carbonyl (C=O) groups is 1. The molecule has 8 heteroatoms. The Balaban J connectivity index is 1.77. The number of fused-ring (bicyclic) bond motifs is 1. The fourth-order valence-electron chi connectivity index (χ4n) is 3.31. The Morgan fingerprint density at radius 2 is 2.21 bits per heavy atom. The minimum absolute atomic E-state index is 0.0800. The van der Waals surface area contributed by atoms with Crippen LogP contribution in [0.1, 0.15) is 42.7 Å². The van der Waals surface area contributed by atoms with E-state index in [1.54, 1.807) is 19.9 Å². The van der Waals surface area contributed by atoms with Crippen LogP contribution in [0, 0.1) is 34.3 Å². The number of carbonyl (C=O) groups excluding carboxylic acids is 1. The van der Waals surface area contributed by atoms with Crippen molar-refractivity contribution in [2.45, 2.75) is 50.3 Å². The Bertz CT molecular complexity index is 1020. The summed E-state index contributed by atoms with van der Waals surface area (Å²) in [7, 11) is 0. The molecule has 3 rings (SSSR count). The molecule has 1 aliphatic rings. The largest absolute Gasteiger partial charge is 0.325 e. The Labute approximate surface area is 173 Å². The van der Waals surface area contributed by atoms with Crippen molar-refractivity contribution >= 4 is 29.0 Å². The van der Waals surface area contributed by atoms with Crippen molar-refractivity contribution in [1.29, 1.82) is 5.26 Å². The zero-order valence-electron chi connectivity index (χ0n) is 16.6. The number of nitrogens with zero attached hydrogens (tertiary/aromatic N) is 3. The lowest BCUT2D eigenvalue weighted by atomic mass is 9.87. The summed E-state index contributed by atoms with van der Waals surface area (Å²) in [6, 6.07) is 8.45. The molecule has 0 bridgehead atoms. The third-order valence-corrected chi connectivity index (χ3v) is 6.17. The number of benzene rings is 1. The van der Waals surface area contributed by atoms with Crippen molar-refractivity contribution in [1.82, 2.24) is 4.98 Å². The summed E-state index contributed by atoms with van der Waals surface area (Å²) in [5.74, 6) is 0.285. The van der Waals surface area contributed by atoms with E-state index in [0.717, 1.165) is 36.1 Å². The van der Waals surface area contributed by atoms with Crippen LogP contribution < -0.4 is 5.32 Å². The van der Waals surface area contributed by atoms with Crippen molar-refractivity contribution < 1.29 is 9.72 Å². The van der Waals surface area contributed by atoms with E-state index < -0.39 is 10.2 Å². The Hall–Kier alpha value is -2.92. The monoisotopic (exact) mass is 410 g/mol. The summed E-state index contributed by atoms with van der Waals surface area (Å²) in [6.07, 6.45) is 2.87. The smallest absolute Gasteiger partial charge is 0.271 e. The van der Waals surface area contributed by atoms with Gasteiger partial charge in [-0.2, -0.15) is 5.26 Å². The molecule has 1 aromatic heterocycles. The zero-order valence-corrected chi connectivity index (χ0v) is 17.4. The summed E-state index contributed by atoms with van der Waals surface area (Å²) < 4.78 is 0. The molecule has 0 fully saturated rings. The first-order valence-corrected chi connectivity index (χ1v) is 10.3. The number of rotatable bonds is 5. The summed E-state index contributed by atoms with van der Waals surface area (Å²) in [5, 5.41) is 23.3. The van der Waals surface area contributed by atoms with Crippen LogP contribution in [0.25, 0.3) is 0 Å². The molecule has 150 valence electrons. The molecule has 2 atom stereocenters. The Morgan fingerprint density at radius 3 is 2.90 bits per heavy atom. The lowest BCUT2D eigenvalue weighted by molar-refractivity contribution is -0.384. The number of aryl methyl sites for hydroxylation is 2. The Kier molecular flexibility index (Phi) is 6.18. The molecule has 1 aromatic carbocycles. The van der Waals surface area contributed by atoms with Gasteiger partial charge in [0.05, 0.1) is 21.4 Å². The molecule has 0 spiro atoms. The SMILES string of the molecule is Cc1ccc([N+](=O)[O-])cc1NC(=O)C(C)Sc1nc2c(cc1C#N)CC(C)CC2. The second-order valence-electron chi connectivity index (χ2n) is 7.41. The van der Waals surface area contributed by atoms with Crippen LogP contribution in [0.4, 0.5) is 11.4 Å². The number of nitro groups is 1. The molecule has 2 unspecified atom stereocenters. The molecule has 0 radical (unpaired) electrons. The van der Waals surface area contributed by atoms with Gasteiger partial charge in [0.1, 0.15) is 11.1 Å². The maximum atomic E-state index is 12.7. The van der Waals surface area contributed by atoms with Gasteiger partial charge in [-0.3, -0.25) is 14.9 Å². The predicted molar refractivity (Wildman–Crippen MR) is 112 cm³/mol. The van der Waals surface area contributed by atoms with Crippen LogP contribution >= 0.6 is 11.8 Å². The minimum Gasteiger partial charge on any atom is -0.325 e. The third-order valence-electron chi connectivity index (χ3n) is 5.07. The number of nitro benzene ring substituents is 1. The van der Waals surface area contributed by atoms with Crippen LogP contribution in [-0.4, -0.2) is 21.1 Å². The second kappa shape index (κ2) is 8.62. The van der Waals surface area contributed by atoms with Crippen LogP contribution in [0.3, 0.4) is 0 Å². The molecule has 1 amide bonds. The predicted octanol–water partition coefficient (Wildman–Crippen LogP) is 4.41. The van der Waals surface area contributed by atoms with Crippen molar-refractivity contribution in [3.05, 3.63) is 56.8 Å². The van der Waals surface area contributed by atoms with Crippen molar-refractivity contribution in [3.63, 3.8) is 0 Å². The molecule has 0 saturated carbocycles.